The van der Waals surface area contributed by atoms with Crippen molar-refractivity contribution in [1.82, 2.24) is 9.80 Å². The number of halogens is 2. The number of carbonyl (C=O) groups is 2. The lowest BCUT2D eigenvalue weighted by atomic mass is 9.78. The number of nitrogens with zero attached hydrogens (tertiary/aromatic N) is 2. The highest BCUT2D eigenvalue weighted by atomic mass is 35.5. The van der Waals surface area contributed by atoms with Crippen LogP contribution in [0.1, 0.15) is 45.6 Å². The van der Waals surface area contributed by atoms with Gasteiger partial charge in [-0.1, -0.05) is 17.7 Å². The van der Waals surface area contributed by atoms with Gasteiger partial charge in [-0.2, -0.15) is 0 Å². The predicted octanol–water partition coefficient (Wildman–Crippen LogP) is 4.23. The molecule has 2 aliphatic heterocycles. The minimum atomic E-state index is -0.604. The Labute approximate surface area is 164 Å². The van der Waals surface area contributed by atoms with Crippen LogP contribution in [0.5, 0.6) is 0 Å². The maximum Gasteiger partial charge on any atom is 0.410 e. The topological polar surface area (TPSA) is 49.9 Å². The molecule has 2 heterocycles. The predicted molar refractivity (Wildman–Crippen MR) is 101 cm³/mol. The monoisotopic (exact) mass is 396 g/mol. The first-order valence-electron chi connectivity index (χ1n) is 9.31. The molecular weight excluding hydrogens is 371 g/mol. The highest BCUT2D eigenvalue weighted by molar-refractivity contribution is 6.31. The van der Waals surface area contributed by atoms with Crippen LogP contribution in [0.4, 0.5) is 9.18 Å². The van der Waals surface area contributed by atoms with Gasteiger partial charge in [0.15, 0.2) is 0 Å². The summed E-state index contributed by atoms with van der Waals surface area (Å²) in [5.41, 5.74) is -0.841. The zero-order valence-electron chi connectivity index (χ0n) is 16.1. The largest absolute Gasteiger partial charge is 0.444 e. The molecule has 0 aromatic heterocycles. The van der Waals surface area contributed by atoms with E-state index in [-0.39, 0.29) is 18.5 Å². The molecule has 148 valence electrons. The number of benzene rings is 1. The SMILES string of the molecule is CC(C)(C)OC(=O)N1CCCC2(CCN(Cc3c(F)cccc3Cl)C2=O)C1. The second-order valence-electron chi connectivity index (χ2n) is 8.46. The van der Waals surface area contributed by atoms with Gasteiger partial charge in [0.1, 0.15) is 11.4 Å². The van der Waals surface area contributed by atoms with E-state index in [9.17, 15) is 14.0 Å². The molecule has 27 heavy (non-hydrogen) atoms. The number of ether oxygens (including phenoxy) is 1. The molecule has 2 aliphatic rings. The standard InChI is InChI=1S/C20H26ClFN2O3/c1-19(2,3)27-18(26)24-10-5-8-20(13-24)9-11-23(17(20)25)12-14-15(21)6-4-7-16(14)22/h4,6-7H,5,8-13H2,1-3H3. The number of carbonyl (C=O) groups excluding carboxylic acids is 2. The van der Waals surface area contributed by atoms with Gasteiger partial charge in [-0.25, -0.2) is 9.18 Å². The van der Waals surface area contributed by atoms with E-state index in [1.54, 1.807) is 21.9 Å². The third-order valence-corrected chi connectivity index (χ3v) is 5.59. The second kappa shape index (κ2) is 7.30. The maximum atomic E-state index is 14.1. The van der Waals surface area contributed by atoms with Crippen molar-refractivity contribution in [3.63, 3.8) is 0 Å². The molecule has 0 N–H and O–H groups in total. The Morgan fingerprint density at radius 3 is 2.70 bits per heavy atom. The molecule has 0 saturated carbocycles. The Kier molecular flexibility index (Phi) is 5.39. The third-order valence-electron chi connectivity index (χ3n) is 5.24. The molecule has 0 aliphatic carbocycles. The summed E-state index contributed by atoms with van der Waals surface area (Å²) in [6.07, 6.45) is 1.74. The van der Waals surface area contributed by atoms with Crippen molar-refractivity contribution in [2.45, 2.75) is 52.2 Å². The van der Waals surface area contributed by atoms with Crippen molar-refractivity contribution >= 4 is 23.6 Å². The molecule has 1 atom stereocenters. The summed E-state index contributed by atoms with van der Waals surface area (Å²) in [5, 5.41) is 0.322. The fourth-order valence-corrected chi connectivity index (χ4v) is 4.13. The van der Waals surface area contributed by atoms with E-state index in [1.165, 1.54) is 6.07 Å². The van der Waals surface area contributed by atoms with Gasteiger partial charge in [-0.05, 0) is 52.2 Å². The number of piperidine rings is 1. The highest BCUT2D eigenvalue weighted by Crippen LogP contribution is 2.41. The van der Waals surface area contributed by atoms with Gasteiger partial charge < -0.3 is 14.5 Å². The van der Waals surface area contributed by atoms with Crippen LogP contribution in [-0.4, -0.2) is 47.0 Å². The Balaban J connectivity index is 1.72. The lowest BCUT2D eigenvalue weighted by Crippen LogP contribution is -2.50. The molecule has 2 amide bonds. The molecule has 7 heteroatoms. The lowest BCUT2D eigenvalue weighted by Gasteiger charge is -2.39. The highest BCUT2D eigenvalue weighted by Gasteiger charge is 2.50. The summed E-state index contributed by atoms with van der Waals surface area (Å²) >= 11 is 6.11. The number of hydrogen-bond acceptors (Lipinski definition) is 3. The van der Waals surface area contributed by atoms with Crippen molar-refractivity contribution in [3.05, 3.63) is 34.6 Å². The van der Waals surface area contributed by atoms with Gasteiger partial charge in [0, 0.05) is 30.2 Å². The van der Waals surface area contributed by atoms with Crippen LogP contribution in [0, 0.1) is 11.2 Å². The van der Waals surface area contributed by atoms with Crippen LogP contribution in [-0.2, 0) is 16.1 Å². The Hall–Kier alpha value is -1.82. The molecule has 5 nitrogen and oxygen atoms in total. The van der Waals surface area contributed by atoms with Crippen LogP contribution >= 0.6 is 11.6 Å². The summed E-state index contributed by atoms with van der Waals surface area (Å²) in [5.74, 6) is -0.439. The molecule has 1 spiro atoms. The maximum absolute atomic E-state index is 14.1. The fourth-order valence-electron chi connectivity index (χ4n) is 3.91. The number of likely N-dealkylation sites (tertiary alicyclic amines) is 2. The Bertz CT molecular complexity index is 729. The van der Waals surface area contributed by atoms with Crippen LogP contribution in [0.3, 0.4) is 0 Å². The number of rotatable bonds is 2. The zero-order valence-corrected chi connectivity index (χ0v) is 16.8. The number of amides is 2. The van der Waals surface area contributed by atoms with Gasteiger partial charge in [0.2, 0.25) is 5.91 Å². The molecular formula is C20H26ClFN2O3. The normalized spacial score (nSPS) is 23.2. The minimum absolute atomic E-state index is 0.0323. The Morgan fingerprint density at radius 2 is 2.04 bits per heavy atom. The molecule has 1 aromatic carbocycles. The van der Waals surface area contributed by atoms with Gasteiger partial charge in [0.05, 0.1) is 12.0 Å². The average molecular weight is 397 g/mol. The molecule has 3 rings (SSSR count). The van der Waals surface area contributed by atoms with E-state index >= 15 is 0 Å². The van der Waals surface area contributed by atoms with Gasteiger partial charge in [-0.15, -0.1) is 0 Å². The van der Waals surface area contributed by atoms with E-state index < -0.39 is 16.8 Å². The van der Waals surface area contributed by atoms with Crippen molar-refractivity contribution in [2.24, 2.45) is 5.41 Å². The molecule has 2 fully saturated rings. The quantitative estimate of drug-likeness (QED) is 0.751. The van der Waals surface area contributed by atoms with E-state index in [1.807, 2.05) is 20.8 Å². The van der Waals surface area contributed by atoms with E-state index in [0.29, 0.717) is 36.6 Å². The van der Waals surface area contributed by atoms with Crippen LogP contribution < -0.4 is 0 Å². The lowest BCUT2D eigenvalue weighted by molar-refractivity contribution is -0.139. The summed E-state index contributed by atoms with van der Waals surface area (Å²) in [6.45, 7) is 7.09. The molecule has 0 radical (unpaired) electrons. The Morgan fingerprint density at radius 1 is 1.30 bits per heavy atom. The minimum Gasteiger partial charge on any atom is -0.444 e. The first-order valence-corrected chi connectivity index (χ1v) is 9.69. The van der Waals surface area contributed by atoms with Crippen LogP contribution in [0.2, 0.25) is 5.02 Å². The van der Waals surface area contributed by atoms with E-state index in [2.05, 4.69) is 0 Å². The van der Waals surface area contributed by atoms with Gasteiger partial charge in [-0.3, -0.25) is 4.79 Å². The zero-order chi connectivity index (χ0) is 19.8. The first-order chi connectivity index (χ1) is 12.6. The first kappa shape index (κ1) is 19.9. The van der Waals surface area contributed by atoms with Gasteiger partial charge >= 0.3 is 6.09 Å². The summed E-state index contributed by atoms with van der Waals surface area (Å²) in [7, 11) is 0. The van der Waals surface area contributed by atoms with Crippen molar-refractivity contribution in [3.8, 4) is 0 Å². The summed E-state index contributed by atoms with van der Waals surface area (Å²) in [4.78, 5) is 28.9. The summed E-state index contributed by atoms with van der Waals surface area (Å²) in [6, 6.07) is 4.53. The van der Waals surface area contributed by atoms with E-state index in [4.69, 9.17) is 16.3 Å². The number of hydrogen-bond donors (Lipinski definition) is 0. The van der Waals surface area contributed by atoms with Crippen molar-refractivity contribution in [1.29, 1.82) is 0 Å². The van der Waals surface area contributed by atoms with Crippen molar-refractivity contribution < 1.29 is 18.7 Å². The third kappa shape index (κ3) is 4.21. The van der Waals surface area contributed by atoms with E-state index in [0.717, 1.165) is 12.8 Å². The van der Waals surface area contributed by atoms with Crippen molar-refractivity contribution in [2.75, 3.05) is 19.6 Å². The van der Waals surface area contributed by atoms with Crippen LogP contribution in [0.25, 0.3) is 0 Å². The molecule has 1 unspecified atom stereocenters. The summed E-state index contributed by atoms with van der Waals surface area (Å²) < 4.78 is 19.6. The molecule has 0 bridgehead atoms. The second-order valence-corrected chi connectivity index (χ2v) is 8.87. The molecule has 1 aromatic rings. The smallest absolute Gasteiger partial charge is 0.410 e. The van der Waals surface area contributed by atoms with Gasteiger partial charge in [0.25, 0.3) is 0 Å². The fraction of sp³-hybridized carbons (Fsp3) is 0.600. The average Bonchev–Trinajstić information content (AvgIpc) is 2.86. The molecule has 2 saturated heterocycles. The van der Waals surface area contributed by atoms with Crippen LogP contribution in [0.15, 0.2) is 18.2 Å².